The van der Waals surface area contributed by atoms with Crippen LogP contribution < -0.4 is 0 Å². The van der Waals surface area contributed by atoms with Crippen LogP contribution in [0.2, 0.25) is 0 Å². The highest BCUT2D eigenvalue weighted by atomic mass is 32.2. The van der Waals surface area contributed by atoms with E-state index in [4.69, 9.17) is 4.74 Å². The van der Waals surface area contributed by atoms with Gasteiger partial charge in [-0.2, -0.15) is 13.2 Å². The fraction of sp³-hybridized carbons (Fsp3) is 0.160. The van der Waals surface area contributed by atoms with E-state index in [1.54, 1.807) is 18.2 Å². The van der Waals surface area contributed by atoms with E-state index in [-0.39, 0.29) is 16.9 Å². The molecule has 0 fully saturated rings. The number of rotatable bonds is 5. The van der Waals surface area contributed by atoms with Gasteiger partial charge in [-0.25, -0.2) is 17.2 Å². The van der Waals surface area contributed by atoms with Crippen LogP contribution >= 0.6 is 0 Å². The molecule has 5 nitrogen and oxygen atoms in total. The molecule has 0 spiro atoms. The fourth-order valence-corrected chi connectivity index (χ4v) is 5.28. The molecule has 0 aliphatic heterocycles. The molecule has 0 N–H and O–H groups in total. The molecule has 0 atom stereocenters. The molecule has 176 valence electrons. The number of benzene rings is 3. The van der Waals surface area contributed by atoms with E-state index in [2.05, 4.69) is 0 Å². The molecule has 0 aliphatic rings. The summed E-state index contributed by atoms with van der Waals surface area (Å²) in [6.07, 6.45) is -4.40. The maximum absolute atomic E-state index is 13.6. The average Bonchev–Trinajstić information content (AvgIpc) is 3.16. The van der Waals surface area contributed by atoms with Gasteiger partial charge in [0.25, 0.3) is 10.0 Å². The number of alkyl halides is 3. The zero-order valence-corrected chi connectivity index (χ0v) is 19.1. The van der Waals surface area contributed by atoms with Crippen LogP contribution in [0.3, 0.4) is 0 Å². The smallest absolute Gasteiger partial charge is 0.416 e. The van der Waals surface area contributed by atoms with Crippen LogP contribution in [0.4, 0.5) is 13.2 Å². The first kappa shape index (κ1) is 23.6. The number of nitrogens with zero attached hydrogens (tertiary/aromatic N) is 1. The van der Waals surface area contributed by atoms with E-state index >= 15 is 0 Å². The second kappa shape index (κ2) is 8.64. The van der Waals surface area contributed by atoms with Crippen molar-refractivity contribution in [1.82, 2.24) is 3.97 Å². The average molecular weight is 487 g/mol. The molecular formula is C25H20F3NO4S. The third kappa shape index (κ3) is 4.43. The summed E-state index contributed by atoms with van der Waals surface area (Å²) in [4.78, 5) is 12.0. The molecule has 0 bridgehead atoms. The topological polar surface area (TPSA) is 65.4 Å². The Morgan fingerprint density at radius 1 is 0.941 bits per heavy atom. The Morgan fingerprint density at radius 2 is 1.59 bits per heavy atom. The standard InChI is InChI=1S/C25H20F3NO4S/c1-16-3-10-22(11-4-16)34(31,32)29-21(13-17-5-8-20(9-6-17)25(26,27)28)15-19-14-18(24(30)33-2)7-12-23(19)29/h3-12,14-15H,13H2,1-2H3. The molecule has 0 unspecified atom stereocenters. The minimum atomic E-state index is -4.47. The second-order valence-corrected chi connectivity index (χ2v) is 9.64. The monoisotopic (exact) mass is 487 g/mol. The molecule has 3 aromatic carbocycles. The summed E-state index contributed by atoms with van der Waals surface area (Å²) in [5.74, 6) is -0.569. The Morgan fingerprint density at radius 3 is 2.18 bits per heavy atom. The van der Waals surface area contributed by atoms with Crippen molar-refractivity contribution >= 4 is 26.9 Å². The number of aromatic nitrogens is 1. The van der Waals surface area contributed by atoms with E-state index < -0.39 is 27.7 Å². The number of carbonyl (C=O) groups excluding carboxylic acids is 1. The van der Waals surface area contributed by atoms with E-state index in [1.807, 2.05) is 6.92 Å². The van der Waals surface area contributed by atoms with Gasteiger partial charge in [-0.05, 0) is 61.0 Å². The molecule has 34 heavy (non-hydrogen) atoms. The highest BCUT2D eigenvalue weighted by molar-refractivity contribution is 7.90. The second-order valence-electron chi connectivity index (χ2n) is 7.85. The van der Waals surface area contributed by atoms with E-state index in [9.17, 15) is 26.4 Å². The zero-order valence-electron chi connectivity index (χ0n) is 18.3. The van der Waals surface area contributed by atoms with E-state index in [0.29, 0.717) is 22.2 Å². The van der Waals surface area contributed by atoms with Crippen LogP contribution in [-0.4, -0.2) is 25.5 Å². The number of ether oxygens (including phenoxy) is 1. The van der Waals surface area contributed by atoms with Crippen molar-refractivity contribution in [2.24, 2.45) is 0 Å². The van der Waals surface area contributed by atoms with Gasteiger partial charge in [0.05, 0.1) is 28.6 Å². The van der Waals surface area contributed by atoms with Crippen molar-refractivity contribution in [2.45, 2.75) is 24.4 Å². The molecule has 0 saturated heterocycles. The molecular weight excluding hydrogens is 467 g/mol. The van der Waals surface area contributed by atoms with Crippen LogP contribution in [0.15, 0.2) is 77.7 Å². The van der Waals surface area contributed by atoms with Gasteiger partial charge < -0.3 is 4.74 Å². The summed E-state index contributed by atoms with van der Waals surface area (Å²) < 4.78 is 72.0. The van der Waals surface area contributed by atoms with E-state index in [0.717, 1.165) is 17.7 Å². The van der Waals surface area contributed by atoms with Crippen LogP contribution in [0.1, 0.15) is 32.7 Å². The predicted octanol–water partition coefficient (Wildman–Crippen LogP) is 5.58. The number of esters is 1. The number of fused-ring (bicyclic) bond motifs is 1. The van der Waals surface area contributed by atoms with Crippen molar-refractivity contribution < 1.29 is 31.1 Å². The molecule has 1 aromatic heterocycles. The third-order valence-electron chi connectivity index (χ3n) is 5.48. The van der Waals surface area contributed by atoms with Gasteiger partial charge in [-0.15, -0.1) is 0 Å². The first-order valence-electron chi connectivity index (χ1n) is 10.2. The zero-order chi connectivity index (χ0) is 24.7. The molecule has 0 saturated carbocycles. The Kier molecular flexibility index (Phi) is 5.99. The molecule has 4 rings (SSSR count). The maximum Gasteiger partial charge on any atom is 0.416 e. The lowest BCUT2D eigenvalue weighted by Gasteiger charge is -2.13. The number of carbonyl (C=O) groups is 1. The van der Waals surface area contributed by atoms with Gasteiger partial charge in [0.15, 0.2) is 0 Å². The van der Waals surface area contributed by atoms with Crippen molar-refractivity contribution in [3.05, 3.63) is 101 Å². The van der Waals surface area contributed by atoms with Gasteiger partial charge in [-0.1, -0.05) is 29.8 Å². The van der Waals surface area contributed by atoms with Crippen molar-refractivity contribution in [1.29, 1.82) is 0 Å². The van der Waals surface area contributed by atoms with Gasteiger partial charge in [0.2, 0.25) is 0 Å². The highest BCUT2D eigenvalue weighted by Crippen LogP contribution is 2.31. The largest absolute Gasteiger partial charge is 0.465 e. The Hall–Kier alpha value is -3.59. The first-order chi connectivity index (χ1) is 16.0. The van der Waals surface area contributed by atoms with Crippen LogP contribution in [0.5, 0.6) is 0 Å². The molecule has 1 heterocycles. The molecule has 0 aliphatic carbocycles. The SMILES string of the molecule is COC(=O)c1ccc2c(c1)cc(Cc1ccc(C(F)(F)F)cc1)n2S(=O)(=O)c1ccc(C)cc1. The van der Waals surface area contributed by atoms with Gasteiger partial charge in [0, 0.05) is 17.5 Å². The van der Waals surface area contributed by atoms with Gasteiger partial charge >= 0.3 is 12.1 Å². The lowest BCUT2D eigenvalue weighted by molar-refractivity contribution is -0.137. The summed E-state index contributed by atoms with van der Waals surface area (Å²) in [7, 11) is -2.79. The summed E-state index contributed by atoms with van der Waals surface area (Å²) >= 11 is 0. The Balaban J connectivity index is 1.87. The number of methoxy groups -OCH3 is 1. The summed E-state index contributed by atoms with van der Waals surface area (Å²) in [6, 6.07) is 17.1. The Bertz CT molecular complexity index is 1470. The minimum Gasteiger partial charge on any atom is -0.465 e. The maximum atomic E-state index is 13.6. The van der Waals surface area contributed by atoms with Crippen molar-refractivity contribution in [3.8, 4) is 0 Å². The van der Waals surface area contributed by atoms with Gasteiger partial charge in [0.1, 0.15) is 0 Å². The molecule has 4 aromatic rings. The lowest BCUT2D eigenvalue weighted by atomic mass is 10.1. The van der Waals surface area contributed by atoms with Crippen LogP contribution in [0.25, 0.3) is 10.9 Å². The van der Waals surface area contributed by atoms with Crippen molar-refractivity contribution in [2.75, 3.05) is 7.11 Å². The summed E-state index contributed by atoms with van der Waals surface area (Å²) in [5, 5.41) is 0.487. The minimum absolute atomic E-state index is 0.0610. The number of hydrogen-bond donors (Lipinski definition) is 0. The van der Waals surface area contributed by atoms with Gasteiger partial charge in [-0.3, -0.25) is 0 Å². The van der Waals surface area contributed by atoms with Crippen molar-refractivity contribution in [3.63, 3.8) is 0 Å². The van der Waals surface area contributed by atoms with E-state index in [1.165, 1.54) is 53.5 Å². The Labute approximate surface area is 194 Å². The van der Waals surface area contributed by atoms with Crippen LogP contribution in [0, 0.1) is 6.92 Å². The summed E-state index contributed by atoms with van der Waals surface area (Å²) in [5.41, 5.74) is 1.55. The highest BCUT2D eigenvalue weighted by Gasteiger charge is 2.30. The molecule has 9 heteroatoms. The molecule has 0 radical (unpaired) electrons. The number of halogens is 3. The normalized spacial score (nSPS) is 12.1. The lowest BCUT2D eigenvalue weighted by Crippen LogP contribution is -2.16. The summed E-state index contributed by atoms with van der Waals surface area (Å²) in [6.45, 7) is 1.84. The van der Waals surface area contributed by atoms with Crippen LogP contribution in [-0.2, 0) is 27.4 Å². The third-order valence-corrected chi connectivity index (χ3v) is 7.26. The quantitative estimate of drug-likeness (QED) is 0.345. The first-order valence-corrected chi connectivity index (χ1v) is 11.7. The predicted molar refractivity (Wildman–Crippen MR) is 121 cm³/mol. The fourth-order valence-electron chi connectivity index (χ4n) is 3.74. The number of aryl methyl sites for hydroxylation is 1. The number of hydrogen-bond acceptors (Lipinski definition) is 4. The molecule has 0 amide bonds.